The summed E-state index contributed by atoms with van der Waals surface area (Å²) >= 11 is 1.89. The van der Waals surface area contributed by atoms with E-state index in [2.05, 4.69) is 45.0 Å². The second-order valence-electron chi connectivity index (χ2n) is 4.66. The molecular weight excluding hydrogens is 224 g/mol. The summed E-state index contributed by atoms with van der Waals surface area (Å²) in [7, 11) is 0. The number of benzene rings is 1. The van der Waals surface area contributed by atoms with Crippen molar-refractivity contribution in [1.82, 2.24) is 0 Å². The summed E-state index contributed by atoms with van der Waals surface area (Å²) in [5.41, 5.74) is 1.48. The van der Waals surface area contributed by atoms with Gasteiger partial charge in [0.2, 0.25) is 0 Å². The smallest absolute Gasteiger partial charge is 0.0345 e. The minimum Gasteiger partial charge on any atom is -0.141 e. The summed E-state index contributed by atoms with van der Waals surface area (Å²) in [6.45, 7) is 10.7. The summed E-state index contributed by atoms with van der Waals surface area (Å²) in [5.74, 6) is 0.796. The summed E-state index contributed by atoms with van der Waals surface area (Å²) in [5, 5.41) is 1.42. The highest BCUT2D eigenvalue weighted by atomic mass is 32.1. The largest absolute Gasteiger partial charge is 0.141 e. The highest BCUT2D eigenvalue weighted by Crippen LogP contribution is 2.26. The van der Waals surface area contributed by atoms with Crippen molar-refractivity contribution in [3.05, 3.63) is 34.7 Å². The topological polar surface area (TPSA) is 0 Å². The second-order valence-corrected chi connectivity index (χ2v) is 5.95. The van der Waals surface area contributed by atoms with E-state index in [1.165, 1.54) is 33.4 Å². The zero-order valence-electron chi connectivity index (χ0n) is 11.7. The molecule has 1 heterocycles. The average Bonchev–Trinajstić information content (AvgIpc) is 2.68. The zero-order valence-corrected chi connectivity index (χ0v) is 12.5. The lowest BCUT2D eigenvalue weighted by molar-refractivity contribution is 0.587. The fraction of sp³-hybridized carbons (Fsp3) is 0.500. The van der Waals surface area contributed by atoms with Crippen LogP contribution in [0.25, 0.3) is 10.1 Å². The molecule has 0 aliphatic rings. The van der Waals surface area contributed by atoms with Crippen molar-refractivity contribution < 1.29 is 0 Å². The first-order chi connectivity index (χ1) is 8.15. The molecule has 0 aliphatic carbocycles. The van der Waals surface area contributed by atoms with Crippen molar-refractivity contribution in [3.8, 4) is 0 Å². The third kappa shape index (κ3) is 4.16. The number of rotatable bonds is 3. The van der Waals surface area contributed by atoms with Crippen molar-refractivity contribution in [2.24, 2.45) is 5.92 Å². The Bertz CT molecular complexity index is 451. The third-order valence-corrected chi connectivity index (χ3v) is 3.75. The van der Waals surface area contributed by atoms with E-state index in [1.54, 1.807) is 0 Å². The van der Waals surface area contributed by atoms with Crippen LogP contribution < -0.4 is 0 Å². The van der Waals surface area contributed by atoms with Gasteiger partial charge in [-0.1, -0.05) is 39.8 Å². The number of hydrogen-bond acceptors (Lipinski definition) is 1. The molecular formula is C16H24S. The lowest BCUT2D eigenvalue weighted by Crippen LogP contribution is -1.91. The Hall–Kier alpha value is -0.820. The van der Waals surface area contributed by atoms with Gasteiger partial charge in [-0.3, -0.25) is 0 Å². The van der Waals surface area contributed by atoms with Gasteiger partial charge in [0.1, 0.15) is 0 Å². The van der Waals surface area contributed by atoms with Crippen LogP contribution in [-0.2, 0) is 6.42 Å². The van der Waals surface area contributed by atoms with Crippen LogP contribution >= 0.6 is 11.3 Å². The molecule has 0 saturated heterocycles. The van der Waals surface area contributed by atoms with Gasteiger partial charge in [-0.2, -0.15) is 0 Å². The number of thiophene rings is 1. The van der Waals surface area contributed by atoms with Crippen molar-refractivity contribution in [2.45, 2.75) is 47.5 Å². The van der Waals surface area contributed by atoms with E-state index in [1.807, 2.05) is 25.2 Å². The van der Waals surface area contributed by atoms with Crippen LogP contribution in [0, 0.1) is 12.8 Å². The molecule has 17 heavy (non-hydrogen) atoms. The summed E-state index contributed by atoms with van der Waals surface area (Å²) in [4.78, 5) is 1.41. The molecule has 0 atom stereocenters. The first-order valence-corrected chi connectivity index (χ1v) is 7.46. The SMILES string of the molecule is CC.Cc1cc2cc(CCC(C)C)ccc2s1. The molecule has 1 aromatic carbocycles. The molecule has 0 amide bonds. The Morgan fingerprint density at radius 3 is 2.47 bits per heavy atom. The standard InChI is InChI=1S/C14H18S.C2H6/c1-10(2)4-5-12-6-7-14-13(9-12)8-11(3)15-14;1-2/h6-10H,4-5H2,1-3H3;1-2H3. The quantitative estimate of drug-likeness (QED) is 0.641. The maximum Gasteiger partial charge on any atom is 0.0345 e. The summed E-state index contributed by atoms with van der Waals surface area (Å²) in [6.07, 6.45) is 2.50. The molecule has 0 aliphatic heterocycles. The molecule has 0 nitrogen and oxygen atoms in total. The number of aryl methyl sites for hydroxylation is 2. The molecule has 0 spiro atoms. The van der Waals surface area contributed by atoms with Crippen molar-refractivity contribution in [3.63, 3.8) is 0 Å². The van der Waals surface area contributed by atoms with E-state index in [0.717, 1.165) is 5.92 Å². The van der Waals surface area contributed by atoms with E-state index in [9.17, 15) is 0 Å². The van der Waals surface area contributed by atoms with Crippen molar-refractivity contribution in [1.29, 1.82) is 0 Å². The minimum absolute atomic E-state index is 0.796. The Balaban J connectivity index is 0.000000686. The molecule has 0 unspecified atom stereocenters. The Labute approximate surface area is 110 Å². The van der Waals surface area contributed by atoms with Gasteiger partial charge in [0.25, 0.3) is 0 Å². The van der Waals surface area contributed by atoms with Crippen LogP contribution in [0.15, 0.2) is 24.3 Å². The summed E-state index contributed by atoms with van der Waals surface area (Å²) in [6, 6.07) is 9.18. The van der Waals surface area contributed by atoms with Gasteiger partial charge >= 0.3 is 0 Å². The maximum atomic E-state index is 2.35. The molecule has 94 valence electrons. The Kier molecular flexibility index (Phi) is 5.70. The lowest BCUT2D eigenvalue weighted by Gasteiger charge is -2.04. The molecule has 1 aromatic heterocycles. The van der Waals surface area contributed by atoms with Gasteiger partial charge in [-0.25, -0.2) is 0 Å². The first-order valence-electron chi connectivity index (χ1n) is 6.64. The normalized spacial score (nSPS) is 10.5. The van der Waals surface area contributed by atoms with Crippen molar-refractivity contribution >= 4 is 21.4 Å². The average molecular weight is 248 g/mol. The number of hydrogen-bond donors (Lipinski definition) is 0. The summed E-state index contributed by atoms with van der Waals surface area (Å²) < 4.78 is 1.42. The molecule has 1 heteroatoms. The van der Waals surface area contributed by atoms with E-state index < -0.39 is 0 Å². The Morgan fingerprint density at radius 1 is 1.12 bits per heavy atom. The van der Waals surface area contributed by atoms with Gasteiger partial charge < -0.3 is 0 Å². The highest BCUT2D eigenvalue weighted by Gasteiger charge is 2.01. The molecule has 2 aromatic rings. The van der Waals surface area contributed by atoms with Gasteiger partial charge in [-0.05, 0) is 48.8 Å². The molecule has 0 fully saturated rings. The van der Waals surface area contributed by atoms with E-state index in [4.69, 9.17) is 0 Å². The van der Waals surface area contributed by atoms with Crippen LogP contribution in [0.2, 0.25) is 0 Å². The predicted octanol–water partition coefficient (Wildman–Crippen LogP) is 5.82. The van der Waals surface area contributed by atoms with Gasteiger partial charge in [0, 0.05) is 9.58 Å². The number of fused-ring (bicyclic) bond motifs is 1. The maximum absolute atomic E-state index is 2.35. The zero-order chi connectivity index (χ0) is 12.8. The second kappa shape index (κ2) is 6.80. The van der Waals surface area contributed by atoms with Gasteiger partial charge in [0.15, 0.2) is 0 Å². The monoisotopic (exact) mass is 248 g/mol. The van der Waals surface area contributed by atoms with E-state index >= 15 is 0 Å². The van der Waals surface area contributed by atoms with Crippen LogP contribution in [0.4, 0.5) is 0 Å². The van der Waals surface area contributed by atoms with Gasteiger partial charge in [-0.15, -0.1) is 11.3 Å². The van der Waals surface area contributed by atoms with Crippen LogP contribution in [0.5, 0.6) is 0 Å². The fourth-order valence-electron chi connectivity index (χ4n) is 1.84. The molecule has 2 rings (SSSR count). The molecule has 0 N–H and O–H groups in total. The lowest BCUT2D eigenvalue weighted by atomic mass is 10.0. The van der Waals surface area contributed by atoms with Gasteiger partial charge in [0.05, 0.1) is 0 Å². The van der Waals surface area contributed by atoms with E-state index in [-0.39, 0.29) is 0 Å². The predicted molar refractivity (Wildman–Crippen MR) is 81.1 cm³/mol. The van der Waals surface area contributed by atoms with Crippen molar-refractivity contribution in [2.75, 3.05) is 0 Å². The first kappa shape index (κ1) is 14.2. The highest BCUT2D eigenvalue weighted by molar-refractivity contribution is 7.19. The van der Waals surface area contributed by atoms with E-state index in [0.29, 0.717) is 0 Å². The fourth-order valence-corrected chi connectivity index (χ4v) is 2.74. The minimum atomic E-state index is 0.796. The van der Waals surface area contributed by atoms with Crippen LogP contribution in [0.3, 0.4) is 0 Å². The van der Waals surface area contributed by atoms with Crippen LogP contribution in [0.1, 0.15) is 44.6 Å². The Morgan fingerprint density at radius 2 is 1.82 bits per heavy atom. The van der Waals surface area contributed by atoms with Crippen LogP contribution in [-0.4, -0.2) is 0 Å². The third-order valence-electron chi connectivity index (χ3n) is 2.71. The molecule has 0 bridgehead atoms. The molecule has 0 saturated carbocycles. The molecule has 0 radical (unpaired) electrons.